The van der Waals surface area contributed by atoms with Crippen LogP contribution in [0.15, 0.2) is 66.9 Å². The predicted molar refractivity (Wildman–Crippen MR) is 122 cm³/mol. The Labute approximate surface area is 169 Å². The Morgan fingerprint density at radius 1 is 1.14 bits per heavy atom. The van der Waals surface area contributed by atoms with Crippen molar-refractivity contribution in [1.82, 2.24) is 5.32 Å². The maximum atomic E-state index is 12.9. The molecule has 0 heterocycles. The van der Waals surface area contributed by atoms with Gasteiger partial charge in [0, 0.05) is 29.8 Å². The van der Waals surface area contributed by atoms with Crippen molar-refractivity contribution >= 4 is 18.1 Å². The molecule has 2 N–H and O–H groups in total. The number of hydrogen-bond donors (Lipinski definition) is 2. The second-order valence-corrected chi connectivity index (χ2v) is 10.3. The van der Waals surface area contributed by atoms with Crippen LogP contribution in [0, 0.1) is 0 Å². The zero-order chi connectivity index (χ0) is 20.6. The Bertz CT molecular complexity index is 867. The summed E-state index contributed by atoms with van der Waals surface area (Å²) in [6, 6.07) is 14.2. The molecule has 5 heteroatoms. The van der Waals surface area contributed by atoms with Gasteiger partial charge in [-0.05, 0) is 68.1 Å². The van der Waals surface area contributed by atoms with Gasteiger partial charge in [0.15, 0.2) is 0 Å². The van der Waals surface area contributed by atoms with Gasteiger partial charge in [-0.2, -0.15) is 0 Å². The molecule has 2 aromatic rings. The SMILES string of the molecule is C=C/C=C(\C)NCCc1ccc(NCc2ccc(OC)cc2)c(P(C)(C)=O)c1. The third-order valence-electron chi connectivity index (χ3n) is 4.47. The van der Waals surface area contributed by atoms with Crippen molar-refractivity contribution in [3.8, 4) is 5.75 Å². The molecule has 0 aromatic heterocycles. The van der Waals surface area contributed by atoms with Gasteiger partial charge in [-0.1, -0.05) is 30.9 Å². The number of nitrogens with one attached hydrogen (secondary N) is 2. The van der Waals surface area contributed by atoms with E-state index in [1.807, 2.05) is 56.7 Å². The number of ether oxygens (including phenoxy) is 1. The molecule has 0 aliphatic heterocycles. The van der Waals surface area contributed by atoms with E-state index in [1.54, 1.807) is 13.2 Å². The number of rotatable bonds is 10. The lowest BCUT2D eigenvalue weighted by Crippen LogP contribution is -2.17. The lowest BCUT2D eigenvalue weighted by atomic mass is 10.1. The van der Waals surface area contributed by atoms with Crippen LogP contribution >= 0.6 is 7.14 Å². The number of methoxy groups -OCH3 is 1. The van der Waals surface area contributed by atoms with E-state index < -0.39 is 7.14 Å². The smallest absolute Gasteiger partial charge is 0.118 e. The molecule has 0 saturated heterocycles. The topological polar surface area (TPSA) is 50.4 Å². The minimum atomic E-state index is -2.41. The van der Waals surface area contributed by atoms with Gasteiger partial charge in [0.05, 0.1) is 7.11 Å². The van der Waals surface area contributed by atoms with Crippen LogP contribution in [0.4, 0.5) is 5.69 Å². The van der Waals surface area contributed by atoms with Gasteiger partial charge >= 0.3 is 0 Å². The minimum absolute atomic E-state index is 0.670. The van der Waals surface area contributed by atoms with Gasteiger partial charge in [0.1, 0.15) is 12.9 Å². The van der Waals surface area contributed by atoms with Crippen molar-refractivity contribution < 1.29 is 9.30 Å². The first-order chi connectivity index (χ1) is 13.3. The second kappa shape index (κ2) is 10.2. The van der Waals surface area contributed by atoms with Crippen molar-refractivity contribution in [2.24, 2.45) is 0 Å². The zero-order valence-corrected chi connectivity index (χ0v) is 18.2. The fourth-order valence-electron chi connectivity index (χ4n) is 2.91. The average Bonchev–Trinajstić information content (AvgIpc) is 2.66. The lowest BCUT2D eigenvalue weighted by Gasteiger charge is -2.17. The van der Waals surface area contributed by atoms with Crippen LogP contribution < -0.4 is 20.7 Å². The summed E-state index contributed by atoms with van der Waals surface area (Å²) in [5, 5.41) is 7.70. The summed E-state index contributed by atoms with van der Waals surface area (Å²) in [5.41, 5.74) is 4.34. The van der Waals surface area contributed by atoms with Crippen LogP contribution in [0.3, 0.4) is 0 Å². The average molecular weight is 398 g/mol. The third-order valence-corrected chi connectivity index (χ3v) is 6.00. The van der Waals surface area contributed by atoms with Crippen molar-refractivity contribution in [3.63, 3.8) is 0 Å². The Hall–Kier alpha value is -2.45. The number of anilines is 1. The van der Waals surface area contributed by atoms with Crippen LogP contribution in [0.25, 0.3) is 0 Å². The molecule has 0 spiro atoms. The van der Waals surface area contributed by atoms with Crippen LogP contribution in [0.5, 0.6) is 5.75 Å². The summed E-state index contributed by atoms with van der Waals surface area (Å²) >= 11 is 0. The summed E-state index contributed by atoms with van der Waals surface area (Å²) < 4.78 is 18.1. The maximum absolute atomic E-state index is 12.9. The van der Waals surface area contributed by atoms with Crippen LogP contribution in [0.2, 0.25) is 0 Å². The Balaban J connectivity index is 2.09. The molecule has 0 unspecified atom stereocenters. The van der Waals surface area contributed by atoms with E-state index in [9.17, 15) is 4.57 Å². The molecular weight excluding hydrogens is 367 g/mol. The van der Waals surface area contributed by atoms with Gasteiger partial charge in [-0.15, -0.1) is 0 Å². The molecule has 2 rings (SSSR count). The van der Waals surface area contributed by atoms with Gasteiger partial charge in [0.25, 0.3) is 0 Å². The molecule has 0 aliphatic carbocycles. The molecular formula is C23H31N2O2P. The largest absolute Gasteiger partial charge is 0.497 e. The lowest BCUT2D eigenvalue weighted by molar-refractivity contribution is 0.414. The number of hydrogen-bond acceptors (Lipinski definition) is 4. The van der Waals surface area contributed by atoms with E-state index >= 15 is 0 Å². The highest BCUT2D eigenvalue weighted by molar-refractivity contribution is 7.70. The van der Waals surface area contributed by atoms with Crippen molar-refractivity contribution in [3.05, 3.63) is 78.0 Å². The number of allylic oxidation sites excluding steroid dienone is 3. The molecule has 0 bridgehead atoms. The van der Waals surface area contributed by atoms with Gasteiger partial charge < -0.3 is 19.9 Å². The van der Waals surface area contributed by atoms with Gasteiger partial charge in [0.2, 0.25) is 0 Å². The highest BCUT2D eigenvalue weighted by Crippen LogP contribution is 2.38. The molecule has 28 heavy (non-hydrogen) atoms. The predicted octanol–water partition coefficient (Wildman–Crippen LogP) is 4.78. The summed E-state index contributed by atoms with van der Waals surface area (Å²) in [6.07, 6.45) is 4.59. The summed E-state index contributed by atoms with van der Waals surface area (Å²) in [5.74, 6) is 0.840. The standard InChI is InChI=1S/C23H31N2O2P/c1-6-7-18(2)24-15-14-19-10-13-22(23(16-19)28(4,5)26)25-17-20-8-11-21(27-3)12-9-20/h6-13,16,24-25H,1,14-15,17H2,2-5H3/b18-7+. The van der Waals surface area contributed by atoms with E-state index in [4.69, 9.17) is 4.74 Å². The van der Waals surface area contributed by atoms with Gasteiger partial charge in [-0.25, -0.2) is 0 Å². The molecule has 150 valence electrons. The molecule has 0 fully saturated rings. The normalized spacial score (nSPS) is 11.8. The molecule has 0 amide bonds. The van der Waals surface area contributed by atoms with Crippen molar-refractivity contribution in [2.75, 3.05) is 32.3 Å². The van der Waals surface area contributed by atoms with Crippen molar-refractivity contribution in [2.45, 2.75) is 19.9 Å². The molecule has 0 aliphatic rings. The third kappa shape index (κ3) is 6.61. The second-order valence-electron chi connectivity index (χ2n) is 7.17. The quantitative estimate of drug-likeness (QED) is 0.447. The molecule has 0 atom stereocenters. The molecule has 0 radical (unpaired) electrons. The first-order valence-electron chi connectivity index (χ1n) is 9.42. The fourth-order valence-corrected chi connectivity index (χ4v) is 4.12. The number of benzene rings is 2. The fraction of sp³-hybridized carbons (Fsp3) is 0.304. The maximum Gasteiger partial charge on any atom is 0.118 e. The molecule has 0 saturated carbocycles. The molecule has 2 aromatic carbocycles. The van der Waals surface area contributed by atoms with E-state index in [0.717, 1.165) is 41.0 Å². The summed E-state index contributed by atoms with van der Waals surface area (Å²) in [4.78, 5) is 0. The van der Waals surface area contributed by atoms with Crippen LogP contribution in [-0.2, 0) is 17.5 Å². The van der Waals surface area contributed by atoms with E-state index in [1.165, 1.54) is 5.56 Å². The van der Waals surface area contributed by atoms with Crippen molar-refractivity contribution in [1.29, 1.82) is 0 Å². The molecule has 4 nitrogen and oxygen atoms in total. The van der Waals surface area contributed by atoms with Crippen LogP contribution in [-0.4, -0.2) is 27.0 Å². The first-order valence-corrected chi connectivity index (χ1v) is 12.0. The van der Waals surface area contributed by atoms with Crippen LogP contribution in [0.1, 0.15) is 18.1 Å². The van der Waals surface area contributed by atoms with Gasteiger partial charge in [-0.3, -0.25) is 0 Å². The Kier molecular flexibility index (Phi) is 7.95. The first kappa shape index (κ1) is 21.8. The Morgan fingerprint density at radius 2 is 1.82 bits per heavy atom. The van der Waals surface area contributed by atoms with E-state index in [-0.39, 0.29) is 0 Å². The highest BCUT2D eigenvalue weighted by Gasteiger charge is 2.17. The highest BCUT2D eigenvalue weighted by atomic mass is 31.2. The summed E-state index contributed by atoms with van der Waals surface area (Å²) in [7, 11) is -0.746. The zero-order valence-electron chi connectivity index (χ0n) is 17.3. The van der Waals surface area contributed by atoms with E-state index in [0.29, 0.717) is 6.54 Å². The monoisotopic (exact) mass is 398 g/mol. The summed E-state index contributed by atoms with van der Waals surface area (Å²) in [6.45, 7) is 10.9. The minimum Gasteiger partial charge on any atom is -0.497 e. The Morgan fingerprint density at radius 3 is 2.43 bits per heavy atom. The van der Waals surface area contributed by atoms with E-state index in [2.05, 4.69) is 29.3 Å².